The highest BCUT2D eigenvalue weighted by Crippen LogP contribution is 2.27. The third-order valence-corrected chi connectivity index (χ3v) is 3.60. The van der Waals surface area contributed by atoms with E-state index in [2.05, 4.69) is 15.3 Å². The molecule has 6 heteroatoms. The summed E-state index contributed by atoms with van der Waals surface area (Å²) in [6.07, 6.45) is 1.44. The zero-order valence-electron chi connectivity index (χ0n) is 12.2. The molecule has 0 radical (unpaired) electrons. The second kappa shape index (κ2) is 5.40. The Balaban J connectivity index is 2.07. The van der Waals surface area contributed by atoms with E-state index in [1.807, 2.05) is 32.0 Å². The summed E-state index contributed by atoms with van der Waals surface area (Å²) in [6, 6.07) is 10.5. The molecule has 2 aromatic carbocycles. The molecule has 0 unspecified atom stereocenters. The highest BCUT2D eigenvalue weighted by atomic mass is 16.6. The largest absolute Gasteiger partial charge is 0.340 e. The molecule has 110 valence electrons. The third kappa shape index (κ3) is 2.58. The molecule has 1 aromatic heterocycles. The van der Waals surface area contributed by atoms with E-state index < -0.39 is 4.92 Å². The Morgan fingerprint density at radius 1 is 1.05 bits per heavy atom. The summed E-state index contributed by atoms with van der Waals surface area (Å²) >= 11 is 0. The molecule has 1 heterocycles. The molecule has 0 spiro atoms. The highest BCUT2D eigenvalue weighted by Gasteiger charge is 2.11. The van der Waals surface area contributed by atoms with Gasteiger partial charge in [0.2, 0.25) is 0 Å². The molecule has 0 fully saturated rings. The van der Waals surface area contributed by atoms with Crippen LogP contribution in [0.25, 0.3) is 10.9 Å². The first-order chi connectivity index (χ1) is 10.5. The second-order valence-electron chi connectivity index (χ2n) is 5.10. The van der Waals surface area contributed by atoms with E-state index in [-0.39, 0.29) is 5.69 Å². The standard InChI is InChI=1S/C16H14N4O2/c1-10-3-4-12(7-11(10)2)19-16-14-8-13(20(21)22)5-6-15(14)17-9-18-16/h3-9H,1-2H3,(H,17,18,19). The Bertz CT molecular complexity index is 877. The minimum absolute atomic E-state index is 0.0189. The Labute approximate surface area is 127 Å². The van der Waals surface area contributed by atoms with Gasteiger partial charge >= 0.3 is 0 Å². The van der Waals surface area contributed by atoms with E-state index in [4.69, 9.17) is 0 Å². The molecule has 0 bridgehead atoms. The maximum atomic E-state index is 10.9. The summed E-state index contributed by atoms with van der Waals surface area (Å²) < 4.78 is 0. The van der Waals surface area contributed by atoms with Gasteiger partial charge in [0.05, 0.1) is 10.4 Å². The van der Waals surface area contributed by atoms with Gasteiger partial charge in [0, 0.05) is 23.2 Å². The predicted octanol–water partition coefficient (Wildman–Crippen LogP) is 3.90. The Kier molecular flexibility index (Phi) is 3.42. The number of hydrogen-bond acceptors (Lipinski definition) is 5. The lowest BCUT2D eigenvalue weighted by Crippen LogP contribution is -1.97. The number of nitrogens with one attached hydrogen (secondary N) is 1. The maximum Gasteiger partial charge on any atom is 0.270 e. The fourth-order valence-electron chi connectivity index (χ4n) is 2.21. The summed E-state index contributed by atoms with van der Waals surface area (Å²) in [6.45, 7) is 4.08. The second-order valence-corrected chi connectivity index (χ2v) is 5.10. The van der Waals surface area contributed by atoms with Crippen molar-refractivity contribution in [3.63, 3.8) is 0 Å². The Morgan fingerprint density at radius 2 is 1.86 bits per heavy atom. The van der Waals surface area contributed by atoms with E-state index in [1.54, 1.807) is 6.07 Å². The van der Waals surface area contributed by atoms with E-state index in [1.165, 1.54) is 24.0 Å². The number of nitro groups is 1. The number of hydrogen-bond donors (Lipinski definition) is 1. The van der Waals surface area contributed by atoms with Crippen molar-refractivity contribution in [2.24, 2.45) is 0 Å². The fourth-order valence-corrected chi connectivity index (χ4v) is 2.21. The average molecular weight is 294 g/mol. The predicted molar refractivity (Wildman–Crippen MR) is 85.4 cm³/mol. The fraction of sp³-hybridized carbons (Fsp3) is 0.125. The molecule has 3 rings (SSSR count). The van der Waals surface area contributed by atoms with Crippen LogP contribution in [0.2, 0.25) is 0 Å². The van der Waals surface area contributed by atoms with Crippen molar-refractivity contribution in [3.05, 3.63) is 64.0 Å². The van der Waals surface area contributed by atoms with Crippen LogP contribution in [-0.4, -0.2) is 14.9 Å². The Morgan fingerprint density at radius 3 is 2.59 bits per heavy atom. The Hall–Kier alpha value is -3.02. The quantitative estimate of drug-likeness (QED) is 0.585. The van der Waals surface area contributed by atoms with E-state index in [9.17, 15) is 10.1 Å². The van der Waals surface area contributed by atoms with Crippen molar-refractivity contribution < 1.29 is 4.92 Å². The van der Waals surface area contributed by atoms with Crippen LogP contribution in [0, 0.1) is 24.0 Å². The minimum Gasteiger partial charge on any atom is -0.340 e. The summed E-state index contributed by atoms with van der Waals surface area (Å²) in [5.74, 6) is 0.553. The number of nitro benzene ring substituents is 1. The molecule has 0 aliphatic rings. The summed E-state index contributed by atoms with van der Waals surface area (Å²) in [5, 5.41) is 14.8. The van der Waals surface area contributed by atoms with Crippen LogP contribution >= 0.6 is 0 Å². The van der Waals surface area contributed by atoms with Gasteiger partial charge in [-0.25, -0.2) is 9.97 Å². The first kappa shape index (κ1) is 13.9. The summed E-state index contributed by atoms with van der Waals surface area (Å²) in [7, 11) is 0. The van der Waals surface area contributed by atoms with Crippen molar-refractivity contribution in [2.45, 2.75) is 13.8 Å². The zero-order valence-corrected chi connectivity index (χ0v) is 12.2. The molecule has 0 amide bonds. The number of non-ortho nitro benzene ring substituents is 1. The molecular weight excluding hydrogens is 280 g/mol. The normalized spacial score (nSPS) is 10.6. The molecule has 0 aliphatic carbocycles. The van der Waals surface area contributed by atoms with Gasteiger partial charge in [0.1, 0.15) is 12.1 Å². The van der Waals surface area contributed by atoms with E-state index >= 15 is 0 Å². The summed E-state index contributed by atoms with van der Waals surface area (Å²) in [5.41, 5.74) is 3.93. The number of fused-ring (bicyclic) bond motifs is 1. The van der Waals surface area contributed by atoms with Gasteiger partial charge in [0.25, 0.3) is 5.69 Å². The van der Waals surface area contributed by atoms with Crippen molar-refractivity contribution in [1.29, 1.82) is 0 Å². The molecule has 1 N–H and O–H groups in total. The average Bonchev–Trinajstić information content (AvgIpc) is 2.51. The van der Waals surface area contributed by atoms with Gasteiger partial charge in [-0.2, -0.15) is 0 Å². The number of aryl methyl sites for hydroxylation is 2. The molecule has 0 saturated heterocycles. The van der Waals surface area contributed by atoms with Crippen LogP contribution in [0.3, 0.4) is 0 Å². The van der Waals surface area contributed by atoms with Crippen molar-refractivity contribution >= 4 is 28.1 Å². The monoisotopic (exact) mass is 294 g/mol. The van der Waals surface area contributed by atoms with Gasteiger partial charge in [-0.15, -0.1) is 0 Å². The molecule has 0 atom stereocenters. The smallest absolute Gasteiger partial charge is 0.270 e. The maximum absolute atomic E-state index is 10.9. The minimum atomic E-state index is -0.424. The van der Waals surface area contributed by atoms with Gasteiger partial charge in [0.15, 0.2) is 0 Å². The van der Waals surface area contributed by atoms with Crippen LogP contribution in [0.5, 0.6) is 0 Å². The molecule has 22 heavy (non-hydrogen) atoms. The van der Waals surface area contributed by atoms with E-state index in [0.717, 1.165) is 11.3 Å². The van der Waals surface area contributed by atoms with Gasteiger partial charge in [-0.3, -0.25) is 10.1 Å². The van der Waals surface area contributed by atoms with Crippen LogP contribution < -0.4 is 5.32 Å². The lowest BCUT2D eigenvalue weighted by atomic mass is 10.1. The molecule has 0 aliphatic heterocycles. The van der Waals surface area contributed by atoms with Crippen molar-refractivity contribution in [2.75, 3.05) is 5.32 Å². The first-order valence-corrected chi connectivity index (χ1v) is 6.78. The molecule has 3 aromatic rings. The number of benzene rings is 2. The molecule has 0 saturated carbocycles. The third-order valence-electron chi connectivity index (χ3n) is 3.60. The lowest BCUT2D eigenvalue weighted by molar-refractivity contribution is -0.384. The first-order valence-electron chi connectivity index (χ1n) is 6.78. The number of rotatable bonds is 3. The topological polar surface area (TPSA) is 81.0 Å². The van der Waals surface area contributed by atoms with E-state index in [0.29, 0.717) is 16.7 Å². The van der Waals surface area contributed by atoms with Crippen molar-refractivity contribution in [1.82, 2.24) is 9.97 Å². The lowest BCUT2D eigenvalue weighted by Gasteiger charge is -2.10. The number of anilines is 2. The molecule has 6 nitrogen and oxygen atoms in total. The summed E-state index contributed by atoms with van der Waals surface area (Å²) in [4.78, 5) is 18.9. The van der Waals surface area contributed by atoms with Crippen LogP contribution in [0.4, 0.5) is 17.2 Å². The van der Waals surface area contributed by atoms with Gasteiger partial charge in [-0.05, 0) is 43.2 Å². The van der Waals surface area contributed by atoms with Gasteiger partial charge in [-0.1, -0.05) is 6.07 Å². The van der Waals surface area contributed by atoms with Crippen molar-refractivity contribution in [3.8, 4) is 0 Å². The SMILES string of the molecule is Cc1ccc(Nc2ncnc3ccc([N+](=O)[O-])cc23)cc1C. The molecular formula is C16H14N4O2. The van der Waals surface area contributed by atoms with Gasteiger partial charge < -0.3 is 5.32 Å². The zero-order chi connectivity index (χ0) is 15.7. The van der Waals surface area contributed by atoms with Crippen LogP contribution in [0.1, 0.15) is 11.1 Å². The van der Waals surface area contributed by atoms with Crippen LogP contribution in [-0.2, 0) is 0 Å². The number of nitrogens with zero attached hydrogens (tertiary/aromatic N) is 3. The number of aromatic nitrogens is 2. The highest BCUT2D eigenvalue weighted by molar-refractivity contribution is 5.92. The van der Waals surface area contributed by atoms with Crippen LogP contribution in [0.15, 0.2) is 42.7 Å².